The van der Waals surface area contributed by atoms with Gasteiger partial charge in [0.05, 0.1) is 16.9 Å². The van der Waals surface area contributed by atoms with Crippen molar-refractivity contribution in [3.05, 3.63) is 59.5 Å². The van der Waals surface area contributed by atoms with Gasteiger partial charge >= 0.3 is 0 Å². The second kappa shape index (κ2) is 4.43. The Bertz CT molecular complexity index is 766. The minimum Gasteiger partial charge on any atom is -0.251 e. The molecule has 0 spiro atoms. The molecule has 19 heavy (non-hydrogen) atoms. The molecule has 0 unspecified atom stereocenters. The summed E-state index contributed by atoms with van der Waals surface area (Å²) in [4.78, 5) is 8.97. The van der Waals surface area contributed by atoms with Gasteiger partial charge in [-0.25, -0.2) is 9.37 Å². The standard InChI is InChI=1S/C16H13FN2/c1-10-6-5-9-14(18-10)16-11(2)15(17)12-7-3-4-8-13(12)19-16/h3-9H,1-2H3. The van der Waals surface area contributed by atoms with Crippen LogP contribution in [0.3, 0.4) is 0 Å². The van der Waals surface area contributed by atoms with Crippen LogP contribution in [0.15, 0.2) is 42.5 Å². The molecular weight excluding hydrogens is 239 g/mol. The molecule has 0 fully saturated rings. The van der Waals surface area contributed by atoms with E-state index < -0.39 is 0 Å². The van der Waals surface area contributed by atoms with E-state index in [0.29, 0.717) is 27.9 Å². The Balaban J connectivity index is 2.33. The van der Waals surface area contributed by atoms with E-state index in [1.807, 2.05) is 43.3 Å². The van der Waals surface area contributed by atoms with E-state index in [9.17, 15) is 4.39 Å². The average Bonchev–Trinajstić information content (AvgIpc) is 2.43. The van der Waals surface area contributed by atoms with Crippen LogP contribution in [0, 0.1) is 19.7 Å². The average molecular weight is 252 g/mol. The van der Waals surface area contributed by atoms with Crippen LogP contribution in [0.5, 0.6) is 0 Å². The van der Waals surface area contributed by atoms with Crippen LogP contribution in [0.2, 0.25) is 0 Å². The van der Waals surface area contributed by atoms with E-state index in [-0.39, 0.29) is 5.82 Å². The number of benzene rings is 1. The summed E-state index contributed by atoms with van der Waals surface area (Å²) in [5.41, 5.74) is 3.41. The first-order chi connectivity index (χ1) is 9.16. The molecule has 0 aliphatic heterocycles. The van der Waals surface area contributed by atoms with Crippen LogP contribution in [0.25, 0.3) is 22.3 Å². The number of hydrogen-bond donors (Lipinski definition) is 0. The van der Waals surface area contributed by atoms with Crippen LogP contribution >= 0.6 is 0 Å². The van der Waals surface area contributed by atoms with Gasteiger partial charge in [0.1, 0.15) is 5.82 Å². The predicted molar refractivity (Wildman–Crippen MR) is 74.4 cm³/mol. The molecule has 2 heterocycles. The number of aromatic nitrogens is 2. The third kappa shape index (κ3) is 1.97. The van der Waals surface area contributed by atoms with E-state index in [2.05, 4.69) is 9.97 Å². The number of aryl methyl sites for hydroxylation is 1. The molecule has 3 heteroatoms. The summed E-state index contributed by atoms with van der Waals surface area (Å²) < 4.78 is 14.4. The van der Waals surface area contributed by atoms with Crippen molar-refractivity contribution >= 4 is 10.9 Å². The quantitative estimate of drug-likeness (QED) is 0.653. The molecule has 0 radical (unpaired) electrons. The Labute approximate surface area is 111 Å². The summed E-state index contributed by atoms with van der Waals surface area (Å²) in [6, 6.07) is 12.9. The summed E-state index contributed by atoms with van der Waals surface area (Å²) in [5.74, 6) is -0.219. The normalized spacial score (nSPS) is 10.9. The second-order valence-corrected chi connectivity index (χ2v) is 4.58. The van der Waals surface area contributed by atoms with Crippen molar-refractivity contribution in [3.8, 4) is 11.4 Å². The monoisotopic (exact) mass is 252 g/mol. The van der Waals surface area contributed by atoms with E-state index >= 15 is 0 Å². The molecular formula is C16H13FN2. The Morgan fingerprint density at radius 3 is 2.47 bits per heavy atom. The first kappa shape index (κ1) is 11.8. The van der Waals surface area contributed by atoms with Crippen LogP contribution < -0.4 is 0 Å². The van der Waals surface area contributed by atoms with E-state index in [4.69, 9.17) is 0 Å². The largest absolute Gasteiger partial charge is 0.251 e. The highest BCUT2D eigenvalue weighted by molar-refractivity contribution is 5.83. The molecule has 0 aliphatic carbocycles. The number of hydrogen-bond acceptors (Lipinski definition) is 2. The minimum absolute atomic E-state index is 0.219. The molecule has 0 N–H and O–H groups in total. The summed E-state index contributed by atoms with van der Waals surface area (Å²) in [5, 5.41) is 0.552. The highest BCUT2D eigenvalue weighted by Gasteiger charge is 2.13. The van der Waals surface area contributed by atoms with Crippen molar-refractivity contribution in [2.45, 2.75) is 13.8 Å². The van der Waals surface area contributed by atoms with Crippen molar-refractivity contribution in [2.75, 3.05) is 0 Å². The zero-order valence-corrected chi connectivity index (χ0v) is 10.8. The first-order valence-corrected chi connectivity index (χ1v) is 6.15. The fourth-order valence-corrected chi connectivity index (χ4v) is 2.19. The van der Waals surface area contributed by atoms with Gasteiger partial charge in [0.25, 0.3) is 0 Å². The number of rotatable bonds is 1. The number of pyridine rings is 2. The van der Waals surface area contributed by atoms with Gasteiger partial charge in [-0.3, -0.25) is 4.98 Å². The fourth-order valence-electron chi connectivity index (χ4n) is 2.19. The lowest BCUT2D eigenvalue weighted by Crippen LogP contribution is -1.97. The van der Waals surface area contributed by atoms with Gasteiger partial charge in [-0.1, -0.05) is 18.2 Å². The number of fused-ring (bicyclic) bond motifs is 1. The lowest BCUT2D eigenvalue weighted by molar-refractivity contribution is 0.629. The van der Waals surface area contributed by atoms with Crippen molar-refractivity contribution in [1.82, 2.24) is 9.97 Å². The zero-order valence-electron chi connectivity index (χ0n) is 10.8. The minimum atomic E-state index is -0.219. The maximum Gasteiger partial charge on any atom is 0.137 e. The van der Waals surface area contributed by atoms with Gasteiger partial charge in [-0.05, 0) is 38.1 Å². The number of halogens is 1. The summed E-state index contributed by atoms with van der Waals surface area (Å²) in [7, 11) is 0. The summed E-state index contributed by atoms with van der Waals surface area (Å²) in [6.45, 7) is 3.66. The SMILES string of the molecule is Cc1cccc(-c2nc3ccccc3c(F)c2C)n1. The predicted octanol–water partition coefficient (Wildman–Crippen LogP) is 4.05. The third-order valence-electron chi connectivity index (χ3n) is 3.19. The Morgan fingerprint density at radius 1 is 0.895 bits per heavy atom. The molecule has 2 aromatic heterocycles. The first-order valence-electron chi connectivity index (χ1n) is 6.15. The van der Waals surface area contributed by atoms with Crippen molar-refractivity contribution in [3.63, 3.8) is 0 Å². The van der Waals surface area contributed by atoms with E-state index in [1.165, 1.54) is 0 Å². The summed E-state index contributed by atoms with van der Waals surface area (Å²) in [6.07, 6.45) is 0. The molecule has 3 rings (SSSR count). The van der Waals surface area contributed by atoms with Gasteiger partial charge in [0, 0.05) is 16.6 Å². The van der Waals surface area contributed by atoms with E-state index in [0.717, 1.165) is 5.69 Å². The van der Waals surface area contributed by atoms with Crippen LogP contribution in [-0.2, 0) is 0 Å². The van der Waals surface area contributed by atoms with E-state index in [1.54, 1.807) is 13.0 Å². The molecule has 0 saturated carbocycles. The molecule has 0 amide bonds. The maximum absolute atomic E-state index is 14.4. The second-order valence-electron chi connectivity index (χ2n) is 4.58. The van der Waals surface area contributed by atoms with Gasteiger partial charge in [0.2, 0.25) is 0 Å². The summed E-state index contributed by atoms with van der Waals surface area (Å²) >= 11 is 0. The lowest BCUT2D eigenvalue weighted by atomic mass is 10.1. The molecule has 3 aromatic rings. The van der Waals surface area contributed by atoms with Gasteiger partial charge in [-0.2, -0.15) is 0 Å². The van der Waals surface area contributed by atoms with Gasteiger partial charge < -0.3 is 0 Å². The topological polar surface area (TPSA) is 25.8 Å². The van der Waals surface area contributed by atoms with Crippen LogP contribution in [-0.4, -0.2) is 9.97 Å². The zero-order chi connectivity index (χ0) is 13.4. The molecule has 0 atom stereocenters. The van der Waals surface area contributed by atoms with Crippen molar-refractivity contribution in [1.29, 1.82) is 0 Å². The van der Waals surface area contributed by atoms with Gasteiger partial charge in [-0.15, -0.1) is 0 Å². The molecule has 0 saturated heterocycles. The number of nitrogens with zero attached hydrogens (tertiary/aromatic N) is 2. The highest BCUT2D eigenvalue weighted by Crippen LogP contribution is 2.27. The Kier molecular flexibility index (Phi) is 2.75. The molecule has 0 bridgehead atoms. The maximum atomic E-state index is 14.4. The lowest BCUT2D eigenvalue weighted by Gasteiger charge is -2.09. The third-order valence-corrected chi connectivity index (χ3v) is 3.19. The highest BCUT2D eigenvalue weighted by atomic mass is 19.1. The van der Waals surface area contributed by atoms with Crippen molar-refractivity contribution < 1.29 is 4.39 Å². The molecule has 94 valence electrons. The molecule has 2 nitrogen and oxygen atoms in total. The Morgan fingerprint density at radius 2 is 1.68 bits per heavy atom. The fraction of sp³-hybridized carbons (Fsp3) is 0.125. The van der Waals surface area contributed by atoms with Crippen LogP contribution in [0.4, 0.5) is 4.39 Å². The number of para-hydroxylation sites is 1. The van der Waals surface area contributed by atoms with Crippen molar-refractivity contribution in [2.24, 2.45) is 0 Å². The molecule has 1 aromatic carbocycles. The smallest absolute Gasteiger partial charge is 0.137 e. The van der Waals surface area contributed by atoms with Gasteiger partial charge in [0.15, 0.2) is 0 Å². The van der Waals surface area contributed by atoms with Crippen LogP contribution in [0.1, 0.15) is 11.3 Å². The molecule has 0 aliphatic rings. The Hall–Kier alpha value is -2.29.